The number of rotatable bonds is 5. The smallest absolute Gasteiger partial charge is 0.124 e. The van der Waals surface area contributed by atoms with E-state index in [4.69, 9.17) is 10.4 Å². The van der Waals surface area contributed by atoms with E-state index >= 15 is 0 Å². The molecule has 0 bridgehead atoms. The monoisotopic (exact) mass is 248 g/mol. The van der Waals surface area contributed by atoms with Gasteiger partial charge in [0.25, 0.3) is 0 Å². The summed E-state index contributed by atoms with van der Waals surface area (Å²) in [5.74, 6) is -0.374. The van der Waals surface area contributed by atoms with Crippen molar-refractivity contribution in [3.8, 4) is 6.07 Å². The van der Waals surface area contributed by atoms with Gasteiger partial charge < -0.3 is 5.11 Å². The zero-order chi connectivity index (χ0) is 13.0. The minimum atomic E-state index is -0.374. The molecule has 1 saturated carbocycles. The Balaban J connectivity index is 2.10. The van der Waals surface area contributed by atoms with E-state index in [0.717, 1.165) is 18.4 Å². The Labute approximate surface area is 106 Å². The van der Waals surface area contributed by atoms with Crippen molar-refractivity contribution in [1.82, 2.24) is 4.90 Å². The van der Waals surface area contributed by atoms with Gasteiger partial charge in [-0.3, -0.25) is 4.90 Å². The summed E-state index contributed by atoms with van der Waals surface area (Å²) in [6.45, 7) is 1.30. The molecule has 18 heavy (non-hydrogen) atoms. The van der Waals surface area contributed by atoms with Crippen LogP contribution in [-0.2, 0) is 6.54 Å². The van der Waals surface area contributed by atoms with E-state index < -0.39 is 0 Å². The van der Waals surface area contributed by atoms with Crippen molar-refractivity contribution < 1.29 is 9.50 Å². The van der Waals surface area contributed by atoms with Gasteiger partial charge in [0.15, 0.2) is 0 Å². The Morgan fingerprint density at radius 1 is 1.39 bits per heavy atom. The number of aliphatic hydroxyl groups is 1. The lowest BCUT2D eigenvalue weighted by Gasteiger charge is -2.37. The van der Waals surface area contributed by atoms with Crippen molar-refractivity contribution in [2.45, 2.75) is 31.8 Å². The molecule has 0 aromatic heterocycles. The normalized spacial score (nSPS) is 15.4. The van der Waals surface area contributed by atoms with Crippen LogP contribution in [0.25, 0.3) is 0 Å². The minimum Gasteiger partial charge on any atom is -0.395 e. The largest absolute Gasteiger partial charge is 0.395 e. The first kappa shape index (κ1) is 13.0. The van der Waals surface area contributed by atoms with E-state index in [9.17, 15) is 4.39 Å². The molecule has 96 valence electrons. The van der Waals surface area contributed by atoms with Crippen molar-refractivity contribution in [2.75, 3.05) is 13.2 Å². The second-order valence-electron chi connectivity index (χ2n) is 4.74. The molecule has 0 atom stereocenters. The third-order valence-electron chi connectivity index (χ3n) is 3.45. The Hall–Kier alpha value is -1.44. The maximum Gasteiger partial charge on any atom is 0.124 e. The molecule has 4 heteroatoms. The van der Waals surface area contributed by atoms with Crippen LogP contribution in [0.5, 0.6) is 0 Å². The number of benzene rings is 1. The van der Waals surface area contributed by atoms with Crippen LogP contribution in [0.4, 0.5) is 4.39 Å². The van der Waals surface area contributed by atoms with E-state index in [1.807, 2.05) is 6.07 Å². The molecule has 0 aliphatic heterocycles. The van der Waals surface area contributed by atoms with Gasteiger partial charge in [0.05, 0.1) is 18.2 Å². The number of hydrogen-bond acceptors (Lipinski definition) is 3. The van der Waals surface area contributed by atoms with Gasteiger partial charge in [0, 0.05) is 19.1 Å². The van der Waals surface area contributed by atoms with Gasteiger partial charge in [-0.05, 0) is 36.6 Å². The summed E-state index contributed by atoms with van der Waals surface area (Å²) < 4.78 is 13.3. The average Bonchev–Trinajstić information content (AvgIpc) is 2.26. The summed E-state index contributed by atoms with van der Waals surface area (Å²) in [7, 11) is 0. The lowest BCUT2D eigenvalue weighted by atomic mass is 9.91. The van der Waals surface area contributed by atoms with E-state index in [1.54, 1.807) is 6.07 Å². The first-order chi connectivity index (χ1) is 8.72. The van der Waals surface area contributed by atoms with E-state index in [2.05, 4.69) is 4.90 Å². The van der Waals surface area contributed by atoms with Crippen LogP contribution < -0.4 is 0 Å². The van der Waals surface area contributed by atoms with Crippen LogP contribution in [0.3, 0.4) is 0 Å². The van der Waals surface area contributed by atoms with Gasteiger partial charge in [-0.2, -0.15) is 5.26 Å². The Kier molecular flexibility index (Phi) is 4.29. The summed E-state index contributed by atoms with van der Waals surface area (Å²) in [6, 6.07) is 6.87. The lowest BCUT2D eigenvalue weighted by Crippen LogP contribution is -2.41. The maximum atomic E-state index is 13.3. The molecule has 0 unspecified atom stereocenters. The van der Waals surface area contributed by atoms with Crippen LogP contribution >= 0.6 is 0 Å². The molecular weight excluding hydrogens is 231 g/mol. The quantitative estimate of drug-likeness (QED) is 0.867. The van der Waals surface area contributed by atoms with Crippen molar-refractivity contribution in [1.29, 1.82) is 5.26 Å². The van der Waals surface area contributed by atoms with Gasteiger partial charge in [-0.1, -0.05) is 6.42 Å². The molecule has 1 aromatic carbocycles. The van der Waals surface area contributed by atoms with Gasteiger partial charge in [0.1, 0.15) is 5.82 Å². The van der Waals surface area contributed by atoms with Crippen molar-refractivity contribution in [3.05, 3.63) is 35.1 Å². The molecule has 1 N–H and O–H groups in total. The standard InChI is InChI=1S/C14H17FN2O/c15-13-7-11(9-16)6-12(8-13)10-17(4-5-18)14-2-1-3-14/h6-8,14,18H,1-5,10H2. The minimum absolute atomic E-state index is 0.108. The fraction of sp³-hybridized carbons (Fsp3) is 0.500. The molecule has 1 aliphatic rings. The SMILES string of the molecule is N#Cc1cc(F)cc(CN(CCO)C2CCC2)c1. The molecule has 0 spiro atoms. The fourth-order valence-electron chi connectivity index (χ4n) is 2.31. The number of halogens is 1. The number of hydrogen-bond donors (Lipinski definition) is 1. The van der Waals surface area contributed by atoms with E-state index in [-0.39, 0.29) is 12.4 Å². The van der Waals surface area contributed by atoms with Crippen LogP contribution in [0.15, 0.2) is 18.2 Å². The summed E-state index contributed by atoms with van der Waals surface area (Å²) in [4.78, 5) is 2.17. The summed E-state index contributed by atoms with van der Waals surface area (Å²) in [6.07, 6.45) is 3.50. The van der Waals surface area contributed by atoms with Crippen LogP contribution in [0, 0.1) is 17.1 Å². The maximum absolute atomic E-state index is 13.3. The molecule has 0 amide bonds. The molecule has 3 nitrogen and oxygen atoms in total. The molecule has 1 fully saturated rings. The second-order valence-corrected chi connectivity index (χ2v) is 4.74. The second kappa shape index (κ2) is 5.94. The van der Waals surface area contributed by atoms with E-state index in [0.29, 0.717) is 24.7 Å². The molecule has 0 saturated heterocycles. The summed E-state index contributed by atoms with van der Waals surface area (Å²) in [5.41, 5.74) is 1.15. The molecule has 0 radical (unpaired) electrons. The Morgan fingerprint density at radius 2 is 2.17 bits per heavy atom. The molecular formula is C14H17FN2O. The van der Waals surface area contributed by atoms with Crippen LogP contribution in [0.2, 0.25) is 0 Å². The van der Waals surface area contributed by atoms with Crippen LogP contribution in [0.1, 0.15) is 30.4 Å². The fourth-order valence-corrected chi connectivity index (χ4v) is 2.31. The highest BCUT2D eigenvalue weighted by Gasteiger charge is 2.24. The predicted molar refractivity (Wildman–Crippen MR) is 66.2 cm³/mol. The highest BCUT2D eigenvalue weighted by molar-refractivity contribution is 5.33. The molecule has 2 rings (SSSR count). The van der Waals surface area contributed by atoms with Crippen molar-refractivity contribution in [3.63, 3.8) is 0 Å². The van der Waals surface area contributed by atoms with Gasteiger partial charge in [-0.15, -0.1) is 0 Å². The topological polar surface area (TPSA) is 47.3 Å². The van der Waals surface area contributed by atoms with Crippen molar-refractivity contribution in [2.24, 2.45) is 0 Å². The summed E-state index contributed by atoms with van der Waals surface area (Å²) >= 11 is 0. The van der Waals surface area contributed by atoms with E-state index in [1.165, 1.54) is 18.6 Å². The number of nitriles is 1. The van der Waals surface area contributed by atoms with Gasteiger partial charge in [0.2, 0.25) is 0 Å². The zero-order valence-corrected chi connectivity index (χ0v) is 10.3. The Morgan fingerprint density at radius 3 is 2.72 bits per heavy atom. The third kappa shape index (κ3) is 3.06. The summed E-state index contributed by atoms with van der Waals surface area (Å²) in [5, 5.41) is 17.9. The number of aliphatic hydroxyl groups excluding tert-OH is 1. The van der Waals surface area contributed by atoms with Gasteiger partial charge >= 0.3 is 0 Å². The third-order valence-corrected chi connectivity index (χ3v) is 3.45. The first-order valence-electron chi connectivity index (χ1n) is 6.27. The molecule has 0 heterocycles. The lowest BCUT2D eigenvalue weighted by molar-refractivity contribution is 0.0945. The van der Waals surface area contributed by atoms with Crippen molar-refractivity contribution >= 4 is 0 Å². The Bertz CT molecular complexity index is 452. The zero-order valence-electron chi connectivity index (χ0n) is 10.3. The average molecular weight is 248 g/mol. The highest BCUT2D eigenvalue weighted by atomic mass is 19.1. The van der Waals surface area contributed by atoms with Crippen LogP contribution in [-0.4, -0.2) is 29.2 Å². The molecule has 1 aliphatic carbocycles. The first-order valence-corrected chi connectivity index (χ1v) is 6.27. The van der Waals surface area contributed by atoms with Gasteiger partial charge in [-0.25, -0.2) is 4.39 Å². The number of nitrogens with zero attached hydrogens (tertiary/aromatic N) is 2. The molecule has 1 aromatic rings. The highest BCUT2D eigenvalue weighted by Crippen LogP contribution is 2.26. The predicted octanol–water partition coefficient (Wildman–Crippen LogP) is 2.04.